The van der Waals surface area contributed by atoms with Gasteiger partial charge in [-0.2, -0.15) is 0 Å². The summed E-state index contributed by atoms with van der Waals surface area (Å²) in [5.41, 5.74) is 4.63. The van der Waals surface area contributed by atoms with Gasteiger partial charge in [-0.05, 0) is 49.8 Å². The minimum atomic E-state index is -0.157. The lowest BCUT2D eigenvalue weighted by atomic mass is 10.1. The standard InChI is InChI=1S/C30H32N2O4S/c1-18(2)25-17-37-29(32-25)24-15-27(23-12-13-26(34-4)19(3)28(23)31-24)36-22-11-10-21(14-22)30(33)35-16-20-8-6-5-7-9-20/h5-9,12-13,15,17-18,21-22H,10-11,14,16H2,1-4H3/t21-,22+/m0/s1. The van der Waals surface area contributed by atoms with Crippen LogP contribution in [0.5, 0.6) is 11.5 Å². The zero-order valence-electron chi connectivity index (χ0n) is 21.7. The van der Waals surface area contributed by atoms with Crippen LogP contribution in [0.1, 0.15) is 55.8 Å². The highest BCUT2D eigenvalue weighted by molar-refractivity contribution is 7.13. The number of esters is 1. The summed E-state index contributed by atoms with van der Waals surface area (Å²) in [5, 5.41) is 3.89. The van der Waals surface area contributed by atoms with Gasteiger partial charge in [-0.15, -0.1) is 11.3 Å². The SMILES string of the molecule is COc1ccc2c(O[C@@H]3CC[C@H](C(=O)OCc4ccccc4)C3)cc(-c3nc(C(C)C)cs3)nc2c1C. The highest BCUT2D eigenvalue weighted by Gasteiger charge is 2.33. The summed E-state index contributed by atoms with van der Waals surface area (Å²) in [6.07, 6.45) is 2.12. The normalized spacial score (nSPS) is 17.3. The molecular weight excluding hydrogens is 484 g/mol. The second-order valence-electron chi connectivity index (χ2n) is 9.87. The van der Waals surface area contributed by atoms with Crippen molar-refractivity contribution in [3.63, 3.8) is 0 Å². The molecule has 0 spiro atoms. The molecule has 1 saturated carbocycles. The summed E-state index contributed by atoms with van der Waals surface area (Å²) < 4.78 is 17.7. The van der Waals surface area contributed by atoms with Crippen molar-refractivity contribution in [3.05, 3.63) is 70.7 Å². The van der Waals surface area contributed by atoms with Gasteiger partial charge in [0, 0.05) is 22.4 Å². The van der Waals surface area contributed by atoms with E-state index in [0.717, 1.165) is 62.8 Å². The average Bonchev–Trinajstić information content (AvgIpc) is 3.59. The first-order valence-electron chi connectivity index (χ1n) is 12.7. The van der Waals surface area contributed by atoms with Gasteiger partial charge in [-0.3, -0.25) is 4.79 Å². The Morgan fingerprint density at radius 1 is 1.08 bits per heavy atom. The summed E-state index contributed by atoms with van der Waals surface area (Å²) in [5.74, 6) is 1.58. The molecule has 7 heteroatoms. The Morgan fingerprint density at radius 2 is 1.89 bits per heavy atom. The molecule has 2 aromatic heterocycles. The van der Waals surface area contributed by atoms with E-state index in [-0.39, 0.29) is 18.0 Å². The minimum Gasteiger partial charge on any atom is -0.496 e. The van der Waals surface area contributed by atoms with Gasteiger partial charge in [0.2, 0.25) is 0 Å². The number of aryl methyl sites for hydroxylation is 1. The average molecular weight is 517 g/mol. The van der Waals surface area contributed by atoms with Crippen molar-refractivity contribution < 1.29 is 19.0 Å². The Kier molecular flexibility index (Phi) is 7.42. The lowest BCUT2D eigenvalue weighted by Gasteiger charge is -2.18. The number of hydrogen-bond donors (Lipinski definition) is 0. The second-order valence-corrected chi connectivity index (χ2v) is 10.7. The van der Waals surface area contributed by atoms with Crippen molar-refractivity contribution in [1.82, 2.24) is 9.97 Å². The van der Waals surface area contributed by atoms with Crippen LogP contribution in [-0.4, -0.2) is 29.2 Å². The van der Waals surface area contributed by atoms with Crippen LogP contribution in [0.25, 0.3) is 21.6 Å². The summed E-state index contributed by atoms with van der Waals surface area (Å²) in [6, 6.07) is 15.7. The predicted octanol–water partition coefficient (Wildman–Crippen LogP) is 7.09. The molecule has 5 rings (SSSR count). The molecule has 37 heavy (non-hydrogen) atoms. The van der Waals surface area contributed by atoms with E-state index < -0.39 is 0 Å². The first kappa shape index (κ1) is 25.2. The number of carbonyl (C=O) groups excluding carboxylic acids is 1. The van der Waals surface area contributed by atoms with E-state index in [0.29, 0.717) is 18.9 Å². The van der Waals surface area contributed by atoms with Crippen LogP contribution in [0.2, 0.25) is 0 Å². The van der Waals surface area contributed by atoms with Gasteiger partial charge in [0.05, 0.1) is 30.3 Å². The van der Waals surface area contributed by atoms with Crippen LogP contribution in [0.3, 0.4) is 0 Å². The van der Waals surface area contributed by atoms with Crippen LogP contribution in [0.4, 0.5) is 0 Å². The van der Waals surface area contributed by atoms with Gasteiger partial charge >= 0.3 is 5.97 Å². The Morgan fingerprint density at radius 3 is 2.62 bits per heavy atom. The fourth-order valence-electron chi connectivity index (χ4n) is 4.76. The van der Waals surface area contributed by atoms with E-state index in [1.807, 2.05) is 55.5 Å². The molecule has 1 aliphatic rings. The van der Waals surface area contributed by atoms with Gasteiger partial charge in [0.25, 0.3) is 0 Å². The third-order valence-electron chi connectivity index (χ3n) is 6.93. The van der Waals surface area contributed by atoms with Crippen LogP contribution < -0.4 is 9.47 Å². The third-order valence-corrected chi connectivity index (χ3v) is 7.82. The molecule has 0 radical (unpaired) electrons. The van der Waals surface area contributed by atoms with Gasteiger partial charge in [-0.25, -0.2) is 9.97 Å². The van der Waals surface area contributed by atoms with Crippen LogP contribution in [-0.2, 0) is 16.1 Å². The van der Waals surface area contributed by atoms with E-state index in [1.54, 1.807) is 18.4 Å². The number of carbonyl (C=O) groups is 1. The van der Waals surface area contributed by atoms with Gasteiger partial charge in [0.1, 0.15) is 28.8 Å². The monoisotopic (exact) mass is 516 g/mol. The van der Waals surface area contributed by atoms with E-state index in [9.17, 15) is 4.79 Å². The largest absolute Gasteiger partial charge is 0.496 e. The maximum absolute atomic E-state index is 12.7. The van der Waals surface area contributed by atoms with Crippen molar-refractivity contribution in [2.45, 2.75) is 58.7 Å². The smallest absolute Gasteiger partial charge is 0.309 e. The molecule has 0 aliphatic heterocycles. The maximum atomic E-state index is 12.7. The third kappa shape index (κ3) is 5.47. The number of hydrogen-bond acceptors (Lipinski definition) is 7. The lowest BCUT2D eigenvalue weighted by molar-refractivity contribution is -0.149. The topological polar surface area (TPSA) is 70.5 Å². The van der Waals surface area contributed by atoms with Crippen LogP contribution in [0, 0.1) is 12.8 Å². The molecule has 0 saturated heterocycles. The van der Waals surface area contributed by atoms with Gasteiger partial charge in [0.15, 0.2) is 0 Å². The molecular formula is C30H32N2O4S. The molecule has 0 unspecified atom stereocenters. The Bertz CT molecular complexity index is 1400. The van der Waals surface area contributed by atoms with Crippen molar-refractivity contribution >= 4 is 28.2 Å². The van der Waals surface area contributed by atoms with E-state index in [1.165, 1.54) is 0 Å². The molecule has 0 N–H and O–H groups in total. The van der Waals surface area contributed by atoms with E-state index >= 15 is 0 Å². The fourth-order valence-corrected chi connectivity index (χ4v) is 5.70. The van der Waals surface area contributed by atoms with Crippen molar-refractivity contribution in [2.24, 2.45) is 5.92 Å². The highest BCUT2D eigenvalue weighted by Crippen LogP contribution is 2.39. The first-order valence-corrected chi connectivity index (χ1v) is 13.6. The zero-order valence-corrected chi connectivity index (χ0v) is 22.5. The molecule has 192 valence electrons. The summed E-state index contributed by atoms with van der Waals surface area (Å²) >= 11 is 1.59. The number of ether oxygens (including phenoxy) is 3. The molecule has 1 aliphatic carbocycles. The number of benzene rings is 2. The second kappa shape index (κ2) is 10.9. The zero-order chi connectivity index (χ0) is 25.9. The first-order chi connectivity index (χ1) is 17.9. The Balaban J connectivity index is 1.38. The number of fused-ring (bicyclic) bond motifs is 1. The number of methoxy groups -OCH3 is 1. The summed E-state index contributed by atoms with van der Waals surface area (Å²) in [6.45, 7) is 6.58. The highest BCUT2D eigenvalue weighted by atomic mass is 32.1. The number of rotatable bonds is 8. The number of aromatic nitrogens is 2. The molecule has 1 fully saturated rings. The summed E-state index contributed by atoms with van der Waals surface area (Å²) in [4.78, 5) is 22.5. The summed E-state index contributed by atoms with van der Waals surface area (Å²) in [7, 11) is 1.67. The molecule has 4 aromatic rings. The van der Waals surface area contributed by atoms with Crippen molar-refractivity contribution in [3.8, 4) is 22.2 Å². The maximum Gasteiger partial charge on any atom is 0.309 e. The molecule has 0 bridgehead atoms. The van der Waals surface area contributed by atoms with Gasteiger partial charge in [-0.1, -0.05) is 44.2 Å². The fraction of sp³-hybridized carbons (Fsp3) is 0.367. The van der Waals surface area contributed by atoms with Crippen molar-refractivity contribution in [1.29, 1.82) is 0 Å². The molecule has 2 aromatic carbocycles. The predicted molar refractivity (Wildman–Crippen MR) is 146 cm³/mol. The van der Waals surface area contributed by atoms with Crippen molar-refractivity contribution in [2.75, 3.05) is 7.11 Å². The Hall–Kier alpha value is -3.45. The number of pyridine rings is 1. The Labute approximate surface area is 221 Å². The molecule has 2 heterocycles. The minimum absolute atomic E-state index is 0.0716. The van der Waals surface area contributed by atoms with Crippen LogP contribution >= 0.6 is 11.3 Å². The van der Waals surface area contributed by atoms with E-state index in [4.69, 9.17) is 24.2 Å². The van der Waals surface area contributed by atoms with Crippen LogP contribution in [0.15, 0.2) is 53.9 Å². The molecule has 6 nitrogen and oxygen atoms in total. The van der Waals surface area contributed by atoms with E-state index in [2.05, 4.69) is 19.2 Å². The number of nitrogens with zero attached hydrogens (tertiary/aromatic N) is 2. The quantitative estimate of drug-likeness (QED) is 0.233. The number of thiazole rings is 1. The van der Waals surface area contributed by atoms with Gasteiger partial charge < -0.3 is 14.2 Å². The molecule has 2 atom stereocenters. The lowest BCUT2D eigenvalue weighted by Crippen LogP contribution is -2.18. The molecule has 0 amide bonds.